The van der Waals surface area contributed by atoms with Crippen molar-refractivity contribution in [2.24, 2.45) is 0 Å². The third kappa shape index (κ3) is 5.07. The summed E-state index contributed by atoms with van der Waals surface area (Å²) in [6.07, 6.45) is 1.81. The third-order valence-electron chi connectivity index (χ3n) is 4.55. The lowest BCUT2D eigenvalue weighted by atomic mass is 10.0. The minimum absolute atomic E-state index is 0. The molecule has 2 heterocycles. The summed E-state index contributed by atoms with van der Waals surface area (Å²) in [6, 6.07) is 8.27. The molecule has 0 aliphatic carbocycles. The van der Waals surface area contributed by atoms with E-state index in [9.17, 15) is 4.79 Å². The Bertz CT molecular complexity index is 538. The molecule has 2 N–H and O–H groups in total. The van der Waals surface area contributed by atoms with E-state index >= 15 is 0 Å². The summed E-state index contributed by atoms with van der Waals surface area (Å²) in [5, 5.41) is 7.30. The summed E-state index contributed by atoms with van der Waals surface area (Å²) >= 11 is 6.35. The average Bonchev–Trinajstić information content (AvgIpc) is 2.57. The standard InChI is InChI=1S/C17H24ClN3O2.ClH/c18-15-4-2-1-3-14(15)16-11-19-7-8-21(16)12-17(22)20-13-5-9-23-10-6-13;/h1-4,13,16,19H,5-12H2,(H,20,22);1H. The molecule has 2 fully saturated rings. The highest BCUT2D eigenvalue weighted by Gasteiger charge is 2.27. The van der Waals surface area contributed by atoms with E-state index in [1.807, 2.05) is 24.3 Å². The van der Waals surface area contributed by atoms with Gasteiger partial charge in [0, 0.05) is 50.0 Å². The molecule has 0 spiro atoms. The normalized spacial score (nSPS) is 22.6. The van der Waals surface area contributed by atoms with Crippen molar-refractivity contribution >= 4 is 29.9 Å². The smallest absolute Gasteiger partial charge is 0.234 e. The highest BCUT2D eigenvalue weighted by molar-refractivity contribution is 6.31. The number of hydrogen-bond donors (Lipinski definition) is 2. The molecule has 0 aromatic heterocycles. The largest absolute Gasteiger partial charge is 0.381 e. The number of piperazine rings is 1. The van der Waals surface area contributed by atoms with Crippen LogP contribution < -0.4 is 10.6 Å². The van der Waals surface area contributed by atoms with Crippen LogP contribution in [0.5, 0.6) is 0 Å². The average molecular weight is 374 g/mol. The molecule has 0 saturated carbocycles. The Morgan fingerprint density at radius 1 is 1.33 bits per heavy atom. The molecule has 2 saturated heterocycles. The third-order valence-corrected chi connectivity index (χ3v) is 4.90. The Morgan fingerprint density at radius 3 is 2.83 bits per heavy atom. The Morgan fingerprint density at radius 2 is 2.08 bits per heavy atom. The fourth-order valence-corrected chi connectivity index (χ4v) is 3.55. The van der Waals surface area contributed by atoms with Crippen molar-refractivity contribution in [3.8, 4) is 0 Å². The molecule has 1 atom stereocenters. The monoisotopic (exact) mass is 373 g/mol. The quantitative estimate of drug-likeness (QED) is 0.847. The number of ether oxygens (including phenoxy) is 1. The van der Waals surface area contributed by atoms with Gasteiger partial charge in [0.15, 0.2) is 0 Å². The van der Waals surface area contributed by atoms with E-state index in [1.165, 1.54) is 0 Å². The van der Waals surface area contributed by atoms with Gasteiger partial charge >= 0.3 is 0 Å². The molecule has 0 radical (unpaired) electrons. The molecular formula is C17H25Cl2N3O2. The molecule has 2 aliphatic rings. The number of carbonyl (C=O) groups excluding carboxylic acids is 1. The van der Waals surface area contributed by atoms with Gasteiger partial charge in [-0.3, -0.25) is 9.69 Å². The molecule has 24 heavy (non-hydrogen) atoms. The van der Waals surface area contributed by atoms with Gasteiger partial charge in [0.25, 0.3) is 0 Å². The van der Waals surface area contributed by atoms with Gasteiger partial charge < -0.3 is 15.4 Å². The minimum atomic E-state index is 0. The lowest BCUT2D eigenvalue weighted by molar-refractivity contribution is -0.124. The summed E-state index contributed by atoms with van der Waals surface area (Å²) in [6.45, 7) is 4.44. The summed E-state index contributed by atoms with van der Waals surface area (Å²) in [5.41, 5.74) is 1.08. The summed E-state index contributed by atoms with van der Waals surface area (Å²) < 4.78 is 5.33. The van der Waals surface area contributed by atoms with Gasteiger partial charge in [-0.15, -0.1) is 12.4 Å². The van der Waals surface area contributed by atoms with E-state index in [1.54, 1.807) is 0 Å². The van der Waals surface area contributed by atoms with Crippen molar-refractivity contribution in [1.82, 2.24) is 15.5 Å². The zero-order valence-corrected chi connectivity index (χ0v) is 15.2. The van der Waals surface area contributed by atoms with Crippen LogP contribution in [0.1, 0.15) is 24.4 Å². The van der Waals surface area contributed by atoms with Gasteiger partial charge in [-0.05, 0) is 24.5 Å². The molecule has 0 bridgehead atoms. The molecule has 5 nitrogen and oxygen atoms in total. The van der Waals surface area contributed by atoms with Crippen molar-refractivity contribution in [2.45, 2.75) is 24.9 Å². The number of rotatable bonds is 4. The lowest BCUT2D eigenvalue weighted by Gasteiger charge is -2.36. The number of benzene rings is 1. The lowest BCUT2D eigenvalue weighted by Crippen LogP contribution is -2.51. The first-order chi connectivity index (χ1) is 11.2. The van der Waals surface area contributed by atoms with E-state index in [0.29, 0.717) is 6.54 Å². The van der Waals surface area contributed by atoms with Crippen molar-refractivity contribution in [2.75, 3.05) is 39.4 Å². The van der Waals surface area contributed by atoms with Crippen molar-refractivity contribution in [3.05, 3.63) is 34.9 Å². The summed E-state index contributed by atoms with van der Waals surface area (Å²) in [4.78, 5) is 14.6. The van der Waals surface area contributed by atoms with Crippen LogP contribution in [0.3, 0.4) is 0 Å². The molecule has 1 aromatic carbocycles. The SMILES string of the molecule is Cl.O=C(CN1CCNCC1c1ccccc1Cl)NC1CCOCC1. The van der Waals surface area contributed by atoms with Gasteiger partial charge in [-0.2, -0.15) is 0 Å². The predicted octanol–water partition coefficient (Wildman–Crippen LogP) is 2.00. The zero-order chi connectivity index (χ0) is 16.1. The van der Waals surface area contributed by atoms with E-state index in [0.717, 1.165) is 56.3 Å². The molecule has 1 amide bonds. The van der Waals surface area contributed by atoms with Crippen LogP contribution in [0.15, 0.2) is 24.3 Å². The van der Waals surface area contributed by atoms with Gasteiger partial charge in [0.1, 0.15) is 0 Å². The Hall–Kier alpha value is -0.850. The first kappa shape index (κ1) is 19.5. The summed E-state index contributed by atoms with van der Waals surface area (Å²) in [7, 11) is 0. The molecule has 3 rings (SSSR count). The molecular weight excluding hydrogens is 349 g/mol. The second-order valence-electron chi connectivity index (χ2n) is 6.17. The first-order valence-electron chi connectivity index (χ1n) is 8.30. The maximum Gasteiger partial charge on any atom is 0.234 e. The molecule has 1 unspecified atom stereocenters. The second kappa shape index (κ2) is 9.59. The first-order valence-corrected chi connectivity index (χ1v) is 8.68. The van der Waals surface area contributed by atoms with Crippen LogP contribution in [0.2, 0.25) is 5.02 Å². The van der Waals surface area contributed by atoms with E-state index in [2.05, 4.69) is 15.5 Å². The van der Waals surface area contributed by atoms with E-state index in [-0.39, 0.29) is 30.4 Å². The maximum absolute atomic E-state index is 12.4. The molecule has 2 aliphatic heterocycles. The highest BCUT2D eigenvalue weighted by atomic mass is 35.5. The number of nitrogens with zero attached hydrogens (tertiary/aromatic N) is 1. The van der Waals surface area contributed by atoms with Gasteiger partial charge in [-0.25, -0.2) is 0 Å². The minimum Gasteiger partial charge on any atom is -0.381 e. The number of carbonyl (C=O) groups is 1. The van der Waals surface area contributed by atoms with Gasteiger partial charge in [-0.1, -0.05) is 29.8 Å². The van der Waals surface area contributed by atoms with Crippen LogP contribution >= 0.6 is 24.0 Å². The number of hydrogen-bond acceptors (Lipinski definition) is 4. The molecule has 134 valence electrons. The van der Waals surface area contributed by atoms with Gasteiger partial charge in [0.05, 0.1) is 6.54 Å². The van der Waals surface area contributed by atoms with Crippen molar-refractivity contribution < 1.29 is 9.53 Å². The second-order valence-corrected chi connectivity index (χ2v) is 6.57. The predicted molar refractivity (Wildman–Crippen MR) is 97.9 cm³/mol. The van der Waals surface area contributed by atoms with E-state index < -0.39 is 0 Å². The van der Waals surface area contributed by atoms with Crippen LogP contribution in [0.4, 0.5) is 0 Å². The molecule has 1 aromatic rings. The maximum atomic E-state index is 12.4. The number of nitrogens with one attached hydrogen (secondary N) is 2. The number of amides is 1. The fraction of sp³-hybridized carbons (Fsp3) is 0.588. The topological polar surface area (TPSA) is 53.6 Å². The fourth-order valence-electron chi connectivity index (χ4n) is 3.29. The van der Waals surface area contributed by atoms with Crippen molar-refractivity contribution in [3.63, 3.8) is 0 Å². The Kier molecular flexibility index (Phi) is 7.78. The van der Waals surface area contributed by atoms with Crippen LogP contribution in [-0.2, 0) is 9.53 Å². The van der Waals surface area contributed by atoms with Crippen LogP contribution in [0.25, 0.3) is 0 Å². The number of halogens is 2. The Labute approximate surface area is 154 Å². The van der Waals surface area contributed by atoms with Gasteiger partial charge in [0.2, 0.25) is 5.91 Å². The van der Waals surface area contributed by atoms with Crippen LogP contribution in [-0.4, -0.2) is 56.2 Å². The zero-order valence-electron chi connectivity index (χ0n) is 13.7. The van der Waals surface area contributed by atoms with Crippen molar-refractivity contribution in [1.29, 1.82) is 0 Å². The Balaban J connectivity index is 0.00000208. The van der Waals surface area contributed by atoms with E-state index in [4.69, 9.17) is 16.3 Å². The summed E-state index contributed by atoms with van der Waals surface area (Å²) in [5.74, 6) is 0.0934. The highest BCUT2D eigenvalue weighted by Crippen LogP contribution is 2.28. The molecule has 7 heteroatoms. The van der Waals surface area contributed by atoms with Crippen LogP contribution in [0, 0.1) is 0 Å².